The van der Waals surface area contributed by atoms with Crippen LogP contribution in [0.4, 0.5) is 0 Å². The van der Waals surface area contributed by atoms with E-state index in [1.807, 2.05) is 36.4 Å². The molecule has 0 aromatic heterocycles. The molecule has 2 aromatic carbocycles. The Morgan fingerprint density at radius 1 is 0.468 bits per heavy atom. The number of rotatable bonds is 43. The van der Waals surface area contributed by atoms with Crippen LogP contribution in [0, 0.1) is 0 Å². The Hall–Kier alpha value is -4.25. The average molecular weight is 1070 g/mol. The Balaban J connectivity index is 1.07. The van der Waals surface area contributed by atoms with Gasteiger partial charge in [0.15, 0.2) is 6.10 Å². The number of nitrogens with zero attached hydrogens (tertiary/aromatic N) is 1. The van der Waals surface area contributed by atoms with Crippen LogP contribution in [0.25, 0.3) is 0 Å². The van der Waals surface area contributed by atoms with Gasteiger partial charge >= 0.3 is 29.8 Å². The number of quaternary nitrogens is 1. The Morgan fingerprint density at radius 3 is 1.22 bits per heavy atom. The summed E-state index contributed by atoms with van der Waals surface area (Å²) in [5.74, 6) is -2.45. The van der Waals surface area contributed by atoms with Gasteiger partial charge in [0.1, 0.15) is 19.3 Å². The summed E-state index contributed by atoms with van der Waals surface area (Å²) in [6.07, 6.45) is 37.9. The number of esters is 5. The second kappa shape index (κ2) is 37.6. The zero-order valence-electron chi connectivity index (χ0n) is 48.3. The van der Waals surface area contributed by atoms with Crippen LogP contribution in [0.3, 0.4) is 0 Å². The molecule has 2 atom stereocenters. The fraction of sp³-hybridized carbons (Fsp3) is 0.742. The van der Waals surface area contributed by atoms with Crippen molar-refractivity contribution in [1.29, 1.82) is 0 Å². The molecular formula is C66H104NO10+. The molecule has 3 aliphatic heterocycles. The van der Waals surface area contributed by atoms with Gasteiger partial charge in [-0.15, -0.1) is 0 Å². The summed E-state index contributed by atoms with van der Waals surface area (Å²) < 4.78 is 31.0. The average Bonchev–Trinajstić information content (AvgIpc) is 4.05. The Labute approximate surface area is 466 Å². The van der Waals surface area contributed by atoms with Crippen LogP contribution in [0.5, 0.6) is 0 Å². The molecule has 1 spiro atoms. The quantitative estimate of drug-likeness (QED) is 0.0274. The molecule has 11 heteroatoms. The van der Waals surface area contributed by atoms with E-state index in [9.17, 15) is 24.0 Å². The zero-order valence-corrected chi connectivity index (χ0v) is 48.3. The standard InChI is InChI=1S/C66H104NO10/c1-3-5-7-9-11-13-15-17-19-21-23-25-33-43-61(68)73-53-60(54-74-62(69)44-34-26-24-22-20-18-16-14-12-10-8-6-4-2)75-63(70)45-35-36-46-64(71)77-66(55-39-29-27-30-40-55,56-41-31-28-32-42-56)65(72)76-59-51-57-47-48-58(52-59)67(57)49-37-38-50-67/h27-32,39-42,57-60H,3-26,33-38,43-54H2,1-2H3/q+1. The van der Waals surface area contributed by atoms with E-state index in [1.54, 1.807) is 24.3 Å². The molecule has 5 rings (SSSR count). The van der Waals surface area contributed by atoms with Gasteiger partial charge in [-0.25, -0.2) is 4.79 Å². The summed E-state index contributed by atoms with van der Waals surface area (Å²) >= 11 is 0. The number of hydrogen-bond donors (Lipinski definition) is 0. The van der Waals surface area contributed by atoms with Crippen LogP contribution in [0.2, 0.25) is 0 Å². The van der Waals surface area contributed by atoms with Gasteiger partial charge in [0.2, 0.25) is 0 Å². The summed E-state index contributed by atoms with van der Waals surface area (Å²) in [5, 5.41) is 0. The highest BCUT2D eigenvalue weighted by Gasteiger charge is 2.57. The van der Waals surface area contributed by atoms with Crippen molar-refractivity contribution in [3.63, 3.8) is 0 Å². The highest BCUT2D eigenvalue weighted by Crippen LogP contribution is 2.47. The summed E-state index contributed by atoms with van der Waals surface area (Å²) in [5.41, 5.74) is -0.803. The molecule has 3 heterocycles. The second-order valence-corrected chi connectivity index (χ2v) is 23.2. The summed E-state index contributed by atoms with van der Waals surface area (Å²) in [4.78, 5) is 67.8. The molecule has 432 valence electrons. The van der Waals surface area contributed by atoms with Gasteiger partial charge in [-0.1, -0.05) is 229 Å². The van der Waals surface area contributed by atoms with Crippen LogP contribution in [-0.4, -0.2) is 84.9 Å². The van der Waals surface area contributed by atoms with Gasteiger partial charge in [-0.05, 0) is 25.7 Å². The predicted molar refractivity (Wildman–Crippen MR) is 306 cm³/mol. The monoisotopic (exact) mass is 1070 g/mol. The fourth-order valence-corrected chi connectivity index (χ4v) is 12.7. The first-order chi connectivity index (χ1) is 37.7. The number of carbonyl (C=O) groups is 5. The van der Waals surface area contributed by atoms with E-state index in [1.165, 1.54) is 159 Å². The number of benzene rings is 2. The molecule has 2 aromatic rings. The first-order valence-corrected chi connectivity index (χ1v) is 31.6. The molecule has 11 nitrogen and oxygen atoms in total. The maximum Gasteiger partial charge on any atom is 0.360 e. The van der Waals surface area contributed by atoms with Crippen molar-refractivity contribution >= 4 is 29.8 Å². The van der Waals surface area contributed by atoms with Gasteiger partial charge < -0.3 is 28.2 Å². The predicted octanol–water partition coefficient (Wildman–Crippen LogP) is 15.8. The van der Waals surface area contributed by atoms with E-state index in [0.717, 1.165) is 64.2 Å². The molecule has 0 N–H and O–H groups in total. The number of hydrogen-bond acceptors (Lipinski definition) is 10. The minimum atomic E-state index is -1.82. The zero-order chi connectivity index (χ0) is 54.7. The van der Waals surface area contributed by atoms with Gasteiger partial charge in [-0.3, -0.25) is 19.2 Å². The van der Waals surface area contributed by atoms with Gasteiger partial charge in [0.25, 0.3) is 5.60 Å². The van der Waals surface area contributed by atoms with E-state index >= 15 is 0 Å². The third-order valence-corrected chi connectivity index (χ3v) is 17.1. The lowest BCUT2D eigenvalue weighted by Crippen LogP contribution is -2.60. The fourth-order valence-electron chi connectivity index (χ4n) is 12.7. The molecule has 2 unspecified atom stereocenters. The second-order valence-electron chi connectivity index (χ2n) is 23.2. The topological polar surface area (TPSA) is 132 Å². The van der Waals surface area contributed by atoms with Gasteiger partial charge in [-0.2, -0.15) is 0 Å². The van der Waals surface area contributed by atoms with Gasteiger partial charge in [0, 0.05) is 75.3 Å². The van der Waals surface area contributed by atoms with Crippen LogP contribution in [0.1, 0.15) is 269 Å². The molecule has 0 aliphatic carbocycles. The van der Waals surface area contributed by atoms with E-state index in [0.29, 0.717) is 36.1 Å². The number of piperidine rings is 1. The lowest BCUT2D eigenvalue weighted by Gasteiger charge is -2.47. The number of unbranched alkanes of at least 4 members (excludes halogenated alkanes) is 25. The maximum atomic E-state index is 14.8. The van der Waals surface area contributed by atoms with Crippen molar-refractivity contribution in [3.8, 4) is 0 Å². The summed E-state index contributed by atoms with van der Waals surface area (Å²) in [6, 6.07) is 19.2. The minimum absolute atomic E-state index is 0.0157. The van der Waals surface area contributed by atoms with Crippen LogP contribution >= 0.6 is 0 Å². The van der Waals surface area contributed by atoms with Crippen molar-refractivity contribution in [2.75, 3.05) is 26.3 Å². The third-order valence-electron chi connectivity index (χ3n) is 17.1. The third kappa shape index (κ3) is 22.8. The molecule has 0 saturated carbocycles. The van der Waals surface area contributed by atoms with Crippen LogP contribution < -0.4 is 0 Å². The largest absolute Gasteiger partial charge is 0.462 e. The molecule has 3 aliphatic rings. The molecular weight excluding hydrogens is 967 g/mol. The highest BCUT2D eigenvalue weighted by atomic mass is 16.6. The van der Waals surface area contributed by atoms with E-state index in [2.05, 4.69) is 13.8 Å². The van der Waals surface area contributed by atoms with Gasteiger partial charge in [0.05, 0.1) is 25.2 Å². The smallest absolute Gasteiger partial charge is 0.360 e. The first-order valence-electron chi connectivity index (χ1n) is 31.6. The number of carbonyl (C=O) groups excluding carboxylic acids is 5. The Morgan fingerprint density at radius 2 is 0.818 bits per heavy atom. The summed E-state index contributed by atoms with van der Waals surface area (Å²) in [6.45, 7) is 6.52. The lowest BCUT2D eigenvalue weighted by atomic mass is 9.85. The Kier molecular flexibility index (Phi) is 31.0. The van der Waals surface area contributed by atoms with Crippen molar-refractivity contribution in [2.45, 2.75) is 288 Å². The summed E-state index contributed by atoms with van der Waals surface area (Å²) in [7, 11) is 0. The van der Waals surface area contributed by atoms with Crippen LogP contribution in [-0.2, 0) is 53.3 Å². The van der Waals surface area contributed by atoms with E-state index in [4.69, 9.17) is 23.7 Å². The van der Waals surface area contributed by atoms with Crippen molar-refractivity contribution < 1.29 is 52.1 Å². The number of ether oxygens (including phenoxy) is 5. The van der Waals surface area contributed by atoms with E-state index in [-0.39, 0.29) is 56.9 Å². The molecule has 2 bridgehead atoms. The first kappa shape index (κ1) is 63.6. The highest BCUT2D eigenvalue weighted by molar-refractivity contribution is 5.89. The van der Waals surface area contributed by atoms with Crippen LogP contribution in [0.15, 0.2) is 60.7 Å². The maximum absolute atomic E-state index is 14.8. The Bertz CT molecular complexity index is 1830. The SMILES string of the molecule is CCCCCCCCCCCCCCCC(=O)OCC(COC(=O)CCCCCCCCCCCCCCC)OC(=O)CCCCC(=O)OC(C(=O)OC1CC2CCC(C1)[N+]21CCCC1)(c1ccccc1)c1ccccc1. The molecule has 0 radical (unpaired) electrons. The molecule has 3 fully saturated rings. The molecule has 0 amide bonds. The van der Waals surface area contributed by atoms with Crippen molar-refractivity contribution in [1.82, 2.24) is 0 Å². The molecule has 3 saturated heterocycles. The normalized spacial score (nSPS) is 17.6. The van der Waals surface area contributed by atoms with E-state index < -0.39 is 29.6 Å². The van der Waals surface area contributed by atoms with Crippen molar-refractivity contribution in [2.24, 2.45) is 0 Å². The van der Waals surface area contributed by atoms with Crippen molar-refractivity contribution in [3.05, 3.63) is 71.8 Å². The lowest BCUT2D eigenvalue weighted by molar-refractivity contribution is -0.956. The minimum Gasteiger partial charge on any atom is -0.462 e. The molecule has 77 heavy (non-hydrogen) atoms.